The van der Waals surface area contributed by atoms with Crippen LogP contribution in [-0.4, -0.2) is 23.1 Å². The lowest BCUT2D eigenvalue weighted by molar-refractivity contribution is 0.380. The van der Waals surface area contributed by atoms with Crippen molar-refractivity contribution in [1.82, 2.24) is 20.8 Å². The van der Waals surface area contributed by atoms with Crippen LogP contribution in [0.4, 0.5) is 0 Å². The zero-order chi connectivity index (χ0) is 16.7. The third-order valence-corrected chi connectivity index (χ3v) is 3.74. The van der Waals surface area contributed by atoms with Gasteiger partial charge in [0.1, 0.15) is 10.9 Å². The molecule has 0 unspecified atom stereocenters. The predicted molar refractivity (Wildman–Crippen MR) is 107 cm³/mol. The zero-order valence-corrected chi connectivity index (χ0v) is 17.2. The fourth-order valence-electron chi connectivity index (χ4n) is 2.23. The van der Waals surface area contributed by atoms with Crippen LogP contribution in [0.5, 0.6) is 0 Å². The average Bonchev–Trinajstić information content (AvgIpc) is 2.98. The van der Waals surface area contributed by atoms with Crippen LogP contribution in [-0.2, 0) is 25.9 Å². The average molecular weight is 464 g/mol. The Bertz CT molecular complexity index is 635. The highest BCUT2D eigenvalue weighted by Gasteiger charge is 2.13. The molecule has 2 rings (SSSR count). The summed E-state index contributed by atoms with van der Waals surface area (Å²) in [7, 11) is 1.74. The van der Waals surface area contributed by atoms with Gasteiger partial charge in [-0.1, -0.05) is 36.7 Å². The number of nitrogens with zero attached hydrogens (tertiary/aromatic N) is 3. The van der Waals surface area contributed by atoms with E-state index in [2.05, 4.69) is 39.6 Å². The summed E-state index contributed by atoms with van der Waals surface area (Å²) in [6.07, 6.45) is 3.42. The molecular formula is C16H23ClIN5O. The van der Waals surface area contributed by atoms with Gasteiger partial charge < -0.3 is 15.2 Å². The second-order valence-electron chi connectivity index (χ2n) is 5.01. The summed E-state index contributed by atoms with van der Waals surface area (Å²) < 4.78 is 5.37. The van der Waals surface area contributed by atoms with Crippen LogP contribution in [0.15, 0.2) is 27.8 Å². The van der Waals surface area contributed by atoms with E-state index in [-0.39, 0.29) is 24.0 Å². The van der Waals surface area contributed by atoms with Crippen molar-refractivity contribution in [2.75, 3.05) is 7.05 Å². The van der Waals surface area contributed by atoms with Crippen LogP contribution in [0, 0.1) is 0 Å². The molecule has 0 atom stereocenters. The van der Waals surface area contributed by atoms with Crippen molar-refractivity contribution in [3.05, 3.63) is 46.1 Å². The van der Waals surface area contributed by atoms with Crippen molar-refractivity contribution < 1.29 is 4.52 Å². The number of nitrogens with one attached hydrogen (secondary N) is 2. The van der Waals surface area contributed by atoms with Crippen LogP contribution < -0.4 is 10.6 Å². The Morgan fingerprint density at radius 2 is 1.96 bits per heavy atom. The third kappa shape index (κ3) is 5.62. The minimum Gasteiger partial charge on any atom is -0.361 e. The van der Waals surface area contributed by atoms with Gasteiger partial charge in [-0.3, -0.25) is 4.99 Å². The number of pyridine rings is 1. The molecule has 0 spiro atoms. The maximum absolute atomic E-state index is 5.78. The number of hydrogen-bond donors (Lipinski definition) is 2. The van der Waals surface area contributed by atoms with Crippen molar-refractivity contribution in [3.63, 3.8) is 0 Å². The van der Waals surface area contributed by atoms with E-state index in [9.17, 15) is 0 Å². The Balaban J connectivity index is 0.00000288. The van der Waals surface area contributed by atoms with E-state index < -0.39 is 0 Å². The third-order valence-electron chi connectivity index (χ3n) is 3.51. The molecule has 2 aromatic rings. The molecule has 2 N–H and O–H groups in total. The van der Waals surface area contributed by atoms with Crippen LogP contribution in [0.1, 0.15) is 36.4 Å². The number of hydrogen-bond acceptors (Lipinski definition) is 4. The molecule has 132 valence electrons. The molecule has 24 heavy (non-hydrogen) atoms. The van der Waals surface area contributed by atoms with E-state index in [4.69, 9.17) is 16.1 Å². The first-order valence-electron chi connectivity index (χ1n) is 7.69. The van der Waals surface area contributed by atoms with E-state index in [1.165, 1.54) is 0 Å². The van der Waals surface area contributed by atoms with E-state index in [1.807, 2.05) is 6.07 Å². The van der Waals surface area contributed by atoms with Crippen LogP contribution in [0.3, 0.4) is 0 Å². The first-order chi connectivity index (χ1) is 11.2. The highest BCUT2D eigenvalue weighted by Crippen LogP contribution is 2.15. The number of aryl methyl sites for hydroxylation is 2. The van der Waals surface area contributed by atoms with Crippen LogP contribution >= 0.6 is 35.6 Å². The van der Waals surface area contributed by atoms with Gasteiger partial charge in [0, 0.05) is 38.3 Å². The number of guanidine groups is 1. The minimum atomic E-state index is 0. The van der Waals surface area contributed by atoms with Gasteiger partial charge >= 0.3 is 0 Å². The highest BCUT2D eigenvalue weighted by molar-refractivity contribution is 14.0. The molecule has 0 fully saturated rings. The first-order valence-corrected chi connectivity index (χ1v) is 8.06. The van der Waals surface area contributed by atoms with Gasteiger partial charge in [0.15, 0.2) is 5.96 Å². The fraction of sp³-hybridized carbons (Fsp3) is 0.438. The molecule has 0 aliphatic heterocycles. The molecule has 0 amide bonds. The largest absolute Gasteiger partial charge is 0.361 e. The van der Waals surface area contributed by atoms with E-state index in [0.717, 1.165) is 35.4 Å². The molecule has 0 aromatic carbocycles. The van der Waals surface area contributed by atoms with E-state index in [0.29, 0.717) is 24.2 Å². The Kier molecular flexibility index (Phi) is 9.05. The predicted octanol–water partition coefficient (Wildman–Crippen LogP) is 3.33. The lowest BCUT2D eigenvalue weighted by Crippen LogP contribution is -2.36. The highest BCUT2D eigenvalue weighted by atomic mass is 127. The zero-order valence-electron chi connectivity index (χ0n) is 14.1. The molecule has 0 aliphatic carbocycles. The summed E-state index contributed by atoms with van der Waals surface area (Å²) in [5.41, 5.74) is 3.14. The van der Waals surface area contributed by atoms with Crippen molar-refractivity contribution in [3.8, 4) is 0 Å². The van der Waals surface area contributed by atoms with Crippen LogP contribution in [0.25, 0.3) is 0 Å². The summed E-state index contributed by atoms with van der Waals surface area (Å²) in [5.74, 6) is 1.64. The lowest BCUT2D eigenvalue weighted by Gasteiger charge is -2.12. The van der Waals surface area contributed by atoms with E-state index >= 15 is 0 Å². The molecular weight excluding hydrogens is 441 g/mol. The van der Waals surface area contributed by atoms with Gasteiger partial charge in [0.05, 0.1) is 5.69 Å². The SMILES string of the molecule is CCc1noc(CC)c1CNC(=NC)NCc1ccc(Cl)nc1.I. The molecule has 0 radical (unpaired) electrons. The Labute approximate surface area is 164 Å². The van der Waals surface area contributed by atoms with E-state index in [1.54, 1.807) is 19.3 Å². The molecule has 2 heterocycles. The number of rotatable bonds is 6. The van der Waals surface area contributed by atoms with Crippen molar-refractivity contribution >= 4 is 41.5 Å². The van der Waals surface area contributed by atoms with Crippen molar-refractivity contribution in [2.45, 2.75) is 39.8 Å². The maximum Gasteiger partial charge on any atom is 0.191 e. The summed E-state index contributed by atoms with van der Waals surface area (Å²) >= 11 is 5.78. The second kappa shape index (κ2) is 10.5. The Morgan fingerprint density at radius 1 is 1.21 bits per heavy atom. The maximum atomic E-state index is 5.78. The van der Waals surface area contributed by atoms with Crippen LogP contribution in [0.2, 0.25) is 5.15 Å². The molecule has 0 aliphatic rings. The minimum absolute atomic E-state index is 0. The van der Waals surface area contributed by atoms with Crippen molar-refractivity contribution in [1.29, 1.82) is 0 Å². The summed E-state index contributed by atoms with van der Waals surface area (Å²) in [5, 5.41) is 11.1. The Morgan fingerprint density at radius 3 is 2.54 bits per heavy atom. The summed E-state index contributed by atoms with van der Waals surface area (Å²) in [4.78, 5) is 8.29. The van der Waals surface area contributed by atoms with Gasteiger partial charge in [0.25, 0.3) is 0 Å². The second-order valence-corrected chi connectivity index (χ2v) is 5.39. The van der Waals surface area contributed by atoms with Gasteiger partial charge in [-0.25, -0.2) is 4.98 Å². The monoisotopic (exact) mass is 463 g/mol. The van der Waals surface area contributed by atoms with Gasteiger partial charge in [0.2, 0.25) is 0 Å². The van der Waals surface area contributed by atoms with Crippen molar-refractivity contribution in [2.24, 2.45) is 4.99 Å². The fourth-order valence-corrected chi connectivity index (χ4v) is 2.34. The quantitative estimate of drug-likeness (QED) is 0.297. The first kappa shape index (κ1) is 20.7. The normalized spacial score (nSPS) is 11.1. The number of aliphatic imine (C=N–C) groups is 1. The van der Waals surface area contributed by atoms with Gasteiger partial charge in [-0.05, 0) is 18.1 Å². The number of halogens is 2. The molecule has 0 saturated heterocycles. The molecule has 8 heteroatoms. The van der Waals surface area contributed by atoms with Gasteiger partial charge in [-0.2, -0.15) is 0 Å². The molecule has 2 aromatic heterocycles. The molecule has 0 bridgehead atoms. The molecule has 6 nitrogen and oxygen atoms in total. The lowest BCUT2D eigenvalue weighted by atomic mass is 10.1. The van der Waals surface area contributed by atoms with Gasteiger partial charge in [-0.15, -0.1) is 24.0 Å². The number of aromatic nitrogens is 2. The summed E-state index contributed by atoms with van der Waals surface area (Å²) in [6.45, 7) is 5.38. The Hall–Kier alpha value is -1.35. The summed E-state index contributed by atoms with van der Waals surface area (Å²) in [6, 6.07) is 3.70. The smallest absolute Gasteiger partial charge is 0.191 e. The standard InChI is InChI=1S/C16H22ClN5O.HI/c1-4-13-12(14(5-2)23-22-13)10-21-16(18-3)20-9-11-6-7-15(17)19-8-11;/h6-8H,4-5,9-10H2,1-3H3,(H2,18,20,21);1H. The topological polar surface area (TPSA) is 75.3 Å². The molecule has 0 saturated carbocycles.